The quantitative estimate of drug-likeness (QED) is 0.660. The fourth-order valence-corrected chi connectivity index (χ4v) is 4.37. The van der Waals surface area contributed by atoms with Crippen LogP contribution in [0.15, 0.2) is 41.3 Å². The van der Waals surface area contributed by atoms with Crippen LogP contribution in [0.25, 0.3) is 0 Å². The number of nitrogens with zero attached hydrogens (tertiary/aromatic N) is 3. The highest BCUT2D eigenvalue weighted by atomic mass is 16.2. The molecule has 1 aromatic carbocycles. The minimum absolute atomic E-state index is 0.0126. The van der Waals surface area contributed by atoms with Crippen molar-refractivity contribution in [1.29, 1.82) is 0 Å². The number of fused-ring (bicyclic) bond motifs is 1. The summed E-state index contributed by atoms with van der Waals surface area (Å²) in [7, 11) is 1.54. The van der Waals surface area contributed by atoms with Crippen LogP contribution < -0.4 is 10.9 Å². The number of hydrogen-bond acceptors (Lipinski definition) is 5. The molecule has 4 amide bonds. The number of aromatic nitrogens is 1. The number of carbonyl (C=O) groups is 4. The number of hydrogen-bond donors (Lipinski definition) is 1. The summed E-state index contributed by atoms with van der Waals surface area (Å²) in [4.78, 5) is 65.7. The van der Waals surface area contributed by atoms with Gasteiger partial charge in [-0.05, 0) is 43.4 Å². The molecule has 0 bridgehead atoms. The SMILES string of the molecule is CC1CCN(C(=O)c2cc(NC(=O)CCCN3C(=O)c4ccccc4C3=O)c(=O)n(C)c2)CC1. The molecule has 0 radical (unpaired) electrons. The largest absolute Gasteiger partial charge is 0.339 e. The van der Waals surface area contributed by atoms with E-state index >= 15 is 0 Å². The van der Waals surface area contributed by atoms with Crippen LogP contribution in [-0.4, -0.2) is 57.6 Å². The summed E-state index contributed by atoms with van der Waals surface area (Å²) in [6.45, 7) is 3.60. The molecule has 0 aliphatic carbocycles. The molecule has 0 unspecified atom stereocenters. The average Bonchev–Trinajstić information content (AvgIpc) is 3.07. The third-order valence-electron chi connectivity index (χ3n) is 6.44. The number of anilines is 1. The molecule has 1 aromatic heterocycles. The molecule has 1 N–H and O–H groups in total. The third kappa shape index (κ3) is 4.64. The van der Waals surface area contributed by atoms with Gasteiger partial charge in [-0.1, -0.05) is 19.1 Å². The molecular weight excluding hydrogens is 436 g/mol. The number of benzene rings is 1. The zero-order chi connectivity index (χ0) is 24.4. The van der Waals surface area contributed by atoms with Crippen LogP contribution >= 0.6 is 0 Å². The van der Waals surface area contributed by atoms with E-state index in [-0.39, 0.29) is 42.8 Å². The third-order valence-corrected chi connectivity index (χ3v) is 6.44. The molecule has 2 aromatic rings. The number of rotatable bonds is 6. The van der Waals surface area contributed by atoms with Crippen molar-refractivity contribution in [3.8, 4) is 0 Å². The summed E-state index contributed by atoms with van der Waals surface area (Å²) in [5.74, 6) is -0.741. The first-order chi connectivity index (χ1) is 16.3. The molecule has 2 aliphatic heterocycles. The lowest BCUT2D eigenvalue weighted by molar-refractivity contribution is -0.116. The highest BCUT2D eigenvalue weighted by molar-refractivity contribution is 6.21. The lowest BCUT2D eigenvalue weighted by Crippen LogP contribution is -2.38. The van der Waals surface area contributed by atoms with Crippen LogP contribution in [0.4, 0.5) is 5.69 Å². The fraction of sp³-hybridized carbons (Fsp3) is 0.400. The summed E-state index contributed by atoms with van der Waals surface area (Å²) in [6.07, 6.45) is 3.63. The Morgan fingerprint density at radius 3 is 2.26 bits per heavy atom. The maximum Gasteiger partial charge on any atom is 0.274 e. The van der Waals surface area contributed by atoms with Gasteiger partial charge in [-0.25, -0.2) is 0 Å². The van der Waals surface area contributed by atoms with Gasteiger partial charge in [0.05, 0.1) is 16.7 Å². The van der Waals surface area contributed by atoms with Gasteiger partial charge >= 0.3 is 0 Å². The Bertz CT molecular complexity index is 1180. The second-order valence-electron chi connectivity index (χ2n) is 8.99. The Labute approximate surface area is 197 Å². The van der Waals surface area contributed by atoms with E-state index < -0.39 is 11.5 Å². The lowest BCUT2D eigenvalue weighted by Gasteiger charge is -2.30. The molecular formula is C25H28N4O5. The predicted octanol–water partition coefficient (Wildman–Crippen LogP) is 2.27. The standard InChI is InChI=1S/C25H28N4O5/c1-16-9-12-28(13-10-16)22(31)17-14-20(25(34)27(2)15-17)26-21(30)8-5-11-29-23(32)18-6-3-4-7-19(18)24(29)33/h3-4,6-7,14-16H,5,8-13H2,1-2H3,(H,26,30). The maximum atomic E-state index is 12.9. The molecule has 3 heterocycles. The summed E-state index contributed by atoms with van der Waals surface area (Å²) < 4.78 is 1.29. The monoisotopic (exact) mass is 464 g/mol. The minimum atomic E-state index is -0.426. The number of likely N-dealkylation sites (tertiary alicyclic amines) is 1. The van der Waals surface area contributed by atoms with Crippen molar-refractivity contribution < 1.29 is 19.2 Å². The summed E-state index contributed by atoms with van der Waals surface area (Å²) >= 11 is 0. The Morgan fingerprint density at radius 2 is 1.65 bits per heavy atom. The molecule has 2 aliphatic rings. The zero-order valence-corrected chi connectivity index (χ0v) is 19.4. The van der Waals surface area contributed by atoms with Crippen molar-refractivity contribution >= 4 is 29.3 Å². The normalized spacial score (nSPS) is 16.1. The van der Waals surface area contributed by atoms with Crippen LogP contribution in [0.2, 0.25) is 0 Å². The lowest BCUT2D eigenvalue weighted by atomic mass is 9.99. The fourth-order valence-electron chi connectivity index (χ4n) is 4.37. The van der Waals surface area contributed by atoms with E-state index in [1.165, 1.54) is 23.9 Å². The molecule has 0 saturated carbocycles. The van der Waals surface area contributed by atoms with Crippen molar-refractivity contribution in [1.82, 2.24) is 14.4 Å². The van der Waals surface area contributed by atoms with Crippen molar-refractivity contribution in [2.24, 2.45) is 13.0 Å². The molecule has 1 fully saturated rings. The van der Waals surface area contributed by atoms with Crippen LogP contribution in [-0.2, 0) is 11.8 Å². The van der Waals surface area contributed by atoms with Crippen LogP contribution in [0, 0.1) is 5.92 Å². The number of amides is 4. The molecule has 34 heavy (non-hydrogen) atoms. The first-order valence-electron chi connectivity index (χ1n) is 11.5. The zero-order valence-electron chi connectivity index (χ0n) is 19.4. The van der Waals surface area contributed by atoms with Crippen molar-refractivity contribution in [3.05, 3.63) is 63.6 Å². The van der Waals surface area contributed by atoms with E-state index in [1.807, 2.05) is 0 Å². The predicted molar refractivity (Wildman–Crippen MR) is 126 cm³/mol. The number of pyridine rings is 1. The van der Waals surface area contributed by atoms with E-state index in [4.69, 9.17) is 0 Å². The van der Waals surface area contributed by atoms with Gasteiger partial charge in [0, 0.05) is 39.3 Å². The van der Waals surface area contributed by atoms with Crippen LogP contribution in [0.1, 0.15) is 63.7 Å². The van der Waals surface area contributed by atoms with Gasteiger partial charge in [0.2, 0.25) is 5.91 Å². The molecule has 0 atom stereocenters. The summed E-state index contributed by atoms with van der Waals surface area (Å²) in [6, 6.07) is 8.04. The number of piperidine rings is 1. The van der Waals surface area contributed by atoms with E-state index in [9.17, 15) is 24.0 Å². The van der Waals surface area contributed by atoms with Crippen LogP contribution in [0.5, 0.6) is 0 Å². The van der Waals surface area contributed by atoms with E-state index in [0.29, 0.717) is 35.7 Å². The Morgan fingerprint density at radius 1 is 1.03 bits per heavy atom. The van der Waals surface area contributed by atoms with Gasteiger partial charge in [0.1, 0.15) is 5.69 Å². The Balaban J connectivity index is 1.37. The molecule has 1 saturated heterocycles. The average molecular weight is 465 g/mol. The van der Waals surface area contributed by atoms with Gasteiger partial charge < -0.3 is 14.8 Å². The van der Waals surface area contributed by atoms with E-state index in [0.717, 1.165) is 17.7 Å². The summed E-state index contributed by atoms with van der Waals surface area (Å²) in [5, 5.41) is 2.59. The van der Waals surface area contributed by atoms with Gasteiger partial charge in [-0.3, -0.25) is 28.9 Å². The number of nitrogens with one attached hydrogen (secondary N) is 1. The second kappa shape index (κ2) is 9.62. The van der Waals surface area contributed by atoms with Gasteiger partial charge in [-0.2, -0.15) is 0 Å². The van der Waals surface area contributed by atoms with Gasteiger partial charge in [-0.15, -0.1) is 0 Å². The Hall–Kier alpha value is -3.75. The Kier molecular flexibility index (Phi) is 6.63. The van der Waals surface area contributed by atoms with Crippen molar-refractivity contribution in [2.45, 2.75) is 32.6 Å². The molecule has 4 rings (SSSR count). The second-order valence-corrected chi connectivity index (χ2v) is 8.99. The molecule has 0 spiro atoms. The van der Waals surface area contributed by atoms with Crippen molar-refractivity contribution in [2.75, 3.05) is 25.0 Å². The minimum Gasteiger partial charge on any atom is -0.339 e. The first kappa shape index (κ1) is 23.4. The molecule has 9 heteroatoms. The maximum absolute atomic E-state index is 12.9. The van der Waals surface area contributed by atoms with Gasteiger partial charge in [0.15, 0.2) is 0 Å². The van der Waals surface area contributed by atoms with E-state index in [1.54, 1.807) is 29.2 Å². The number of carbonyl (C=O) groups excluding carboxylic acids is 4. The highest BCUT2D eigenvalue weighted by Gasteiger charge is 2.34. The summed E-state index contributed by atoms with van der Waals surface area (Å²) in [5.41, 5.74) is 0.690. The first-order valence-corrected chi connectivity index (χ1v) is 11.5. The van der Waals surface area contributed by atoms with Gasteiger partial charge in [0.25, 0.3) is 23.3 Å². The van der Waals surface area contributed by atoms with Crippen molar-refractivity contribution in [3.63, 3.8) is 0 Å². The topological polar surface area (TPSA) is 109 Å². The number of aryl methyl sites for hydroxylation is 1. The number of imide groups is 1. The molecule has 9 nitrogen and oxygen atoms in total. The smallest absolute Gasteiger partial charge is 0.274 e. The highest BCUT2D eigenvalue weighted by Crippen LogP contribution is 2.23. The van der Waals surface area contributed by atoms with Crippen LogP contribution in [0.3, 0.4) is 0 Å². The molecule has 178 valence electrons. The van der Waals surface area contributed by atoms with E-state index in [2.05, 4.69) is 12.2 Å².